The summed E-state index contributed by atoms with van der Waals surface area (Å²) in [6.45, 7) is 5.87. The molecule has 0 saturated carbocycles. The van der Waals surface area contributed by atoms with Crippen LogP contribution in [0.4, 0.5) is 0 Å². The molecule has 0 spiro atoms. The molecule has 1 heterocycles. The first kappa shape index (κ1) is 21.8. The third-order valence-corrected chi connectivity index (χ3v) is 6.13. The van der Waals surface area contributed by atoms with Gasteiger partial charge in [-0.05, 0) is 38.7 Å². The van der Waals surface area contributed by atoms with E-state index in [0.29, 0.717) is 12.2 Å². The molecule has 27 heavy (non-hydrogen) atoms. The van der Waals surface area contributed by atoms with E-state index >= 15 is 0 Å². The first-order valence-electron chi connectivity index (χ1n) is 10.2. The molecule has 5 heteroatoms. The molecule has 0 radical (unpaired) electrons. The maximum absolute atomic E-state index is 12.9. The highest BCUT2D eigenvalue weighted by Crippen LogP contribution is 2.34. The highest BCUT2D eigenvalue weighted by atomic mass is 32.2. The van der Waals surface area contributed by atoms with Crippen LogP contribution in [0.15, 0.2) is 30.3 Å². The lowest BCUT2D eigenvalue weighted by Gasteiger charge is -2.29. The first-order chi connectivity index (χ1) is 13.0. The number of nitrogens with zero attached hydrogens (tertiary/aromatic N) is 1. The largest absolute Gasteiger partial charge is 0.461 e. The van der Waals surface area contributed by atoms with Crippen LogP contribution in [-0.2, 0) is 20.7 Å². The van der Waals surface area contributed by atoms with Crippen molar-refractivity contribution in [2.24, 2.45) is 0 Å². The Bertz CT molecular complexity index is 590. The summed E-state index contributed by atoms with van der Waals surface area (Å²) in [5, 5.41) is 0.0496. The second-order valence-electron chi connectivity index (χ2n) is 7.43. The molecule has 1 aromatic rings. The first-order valence-corrected chi connectivity index (χ1v) is 11.2. The van der Waals surface area contributed by atoms with Gasteiger partial charge in [-0.2, -0.15) is 0 Å². The Morgan fingerprint density at radius 3 is 2.59 bits per heavy atom. The number of benzene rings is 1. The van der Waals surface area contributed by atoms with Gasteiger partial charge < -0.3 is 9.64 Å². The summed E-state index contributed by atoms with van der Waals surface area (Å²) in [6, 6.07) is 9.87. The number of amides is 1. The third-order valence-electron chi connectivity index (χ3n) is 4.77. The summed E-state index contributed by atoms with van der Waals surface area (Å²) in [6.07, 6.45) is 6.39. The van der Waals surface area contributed by atoms with Crippen LogP contribution in [0.2, 0.25) is 0 Å². The van der Waals surface area contributed by atoms with Crippen molar-refractivity contribution in [1.29, 1.82) is 0 Å². The van der Waals surface area contributed by atoms with Gasteiger partial charge in [-0.1, -0.05) is 56.5 Å². The topological polar surface area (TPSA) is 46.6 Å². The van der Waals surface area contributed by atoms with Gasteiger partial charge in [-0.15, -0.1) is 11.8 Å². The standard InChI is InChI=1S/C22H33NO3S/c1-4-5-6-10-13-20(24)23-19(22(25)26-17(2)3)16-27-21(23)15-14-18-11-8-7-9-12-18/h7-9,11-12,17,19,21H,4-6,10,13-16H2,1-3H3. The van der Waals surface area contributed by atoms with E-state index in [1.54, 1.807) is 11.8 Å². The zero-order chi connectivity index (χ0) is 19.6. The molecule has 1 aliphatic rings. The monoisotopic (exact) mass is 391 g/mol. The van der Waals surface area contributed by atoms with Crippen molar-refractivity contribution in [2.45, 2.75) is 83.2 Å². The maximum Gasteiger partial charge on any atom is 0.330 e. The lowest BCUT2D eigenvalue weighted by atomic mass is 10.1. The molecule has 4 nitrogen and oxygen atoms in total. The number of hydrogen-bond donors (Lipinski definition) is 0. The maximum atomic E-state index is 12.9. The molecule has 0 aliphatic carbocycles. The number of carbonyl (C=O) groups excluding carboxylic acids is 2. The van der Waals surface area contributed by atoms with E-state index in [-0.39, 0.29) is 23.4 Å². The summed E-state index contributed by atoms with van der Waals surface area (Å²) in [5.41, 5.74) is 1.27. The highest BCUT2D eigenvalue weighted by Gasteiger charge is 2.41. The van der Waals surface area contributed by atoms with Crippen LogP contribution in [-0.4, -0.2) is 40.0 Å². The number of esters is 1. The predicted octanol–water partition coefficient (Wildman–Crippen LogP) is 4.81. The lowest BCUT2D eigenvalue weighted by molar-refractivity contribution is -0.157. The van der Waals surface area contributed by atoms with Crippen molar-refractivity contribution >= 4 is 23.6 Å². The van der Waals surface area contributed by atoms with Crippen LogP contribution in [0.5, 0.6) is 0 Å². The molecule has 0 aromatic heterocycles. The van der Waals surface area contributed by atoms with Gasteiger partial charge in [0, 0.05) is 12.2 Å². The fraction of sp³-hybridized carbons (Fsp3) is 0.636. The van der Waals surface area contributed by atoms with Gasteiger partial charge in [0.15, 0.2) is 0 Å². The molecule has 0 bridgehead atoms. The average molecular weight is 392 g/mol. The van der Waals surface area contributed by atoms with Gasteiger partial charge >= 0.3 is 5.97 Å². The molecule has 1 fully saturated rings. The molecule has 2 atom stereocenters. The van der Waals surface area contributed by atoms with E-state index in [4.69, 9.17) is 4.74 Å². The van der Waals surface area contributed by atoms with Crippen molar-refractivity contribution in [3.63, 3.8) is 0 Å². The van der Waals surface area contributed by atoms with Crippen molar-refractivity contribution < 1.29 is 14.3 Å². The van der Waals surface area contributed by atoms with Gasteiger partial charge in [0.25, 0.3) is 0 Å². The fourth-order valence-corrected chi connectivity index (χ4v) is 4.79. The Hall–Kier alpha value is -1.49. The molecule has 2 unspecified atom stereocenters. The van der Waals surface area contributed by atoms with Crippen LogP contribution < -0.4 is 0 Å². The number of ether oxygens (including phenoxy) is 1. The Morgan fingerprint density at radius 1 is 1.19 bits per heavy atom. The SMILES string of the molecule is CCCCCCC(=O)N1C(CCc2ccccc2)SCC1C(=O)OC(C)C. The number of rotatable bonds is 10. The highest BCUT2D eigenvalue weighted by molar-refractivity contribution is 8.00. The Balaban J connectivity index is 2.02. The van der Waals surface area contributed by atoms with E-state index in [1.165, 1.54) is 5.56 Å². The molecular weight excluding hydrogens is 358 g/mol. The number of carbonyl (C=O) groups is 2. The second-order valence-corrected chi connectivity index (χ2v) is 8.64. The molecule has 150 valence electrons. The minimum atomic E-state index is -0.447. The van der Waals surface area contributed by atoms with Crippen LogP contribution in [0, 0.1) is 0 Å². The van der Waals surface area contributed by atoms with Gasteiger partial charge in [0.2, 0.25) is 5.91 Å². The number of hydrogen-bond acceptors (Lipinski definition) is 4. The molecule has 1 amide bonds. The molecule has 1 aromatic carbocycles. The van der Waals surface area contributed by atoms with Gasteiger partial charge in [0.05, 0.1) is 11.5 Å². The number of unbranched alkanes of at least 4 members (excludes halogenated alkanes) is 3. The lowest BCUT2D eigenvalue weighted by Crippen LogP contribution is -2.46. The van der Waals surface area contributed by atoms with Crippen molar-refractivity contribution in [1.82, 2.24) is 4.90 Å². The minimum Gasteiger partial charge on any atom is -0.461 e. The van der Waals surface area contributed by atoms with Crippen molar-refractivity contribution in [3.8, 4) is 0 Å². The summed E-state index contributed by atoms with van der Waals surface area (Å²) in [7, 11) is 0. The van der Waals surface area contributed by atoms with Crippen LogP contribution in [0.25, 0.3) is 0 Å². The summed E-state index contributed by atoms with van der Waals surface area (Å²) < 4.78 is 5.42. The van der Waals surface area contributed by atoms with E-state index < -0.39 is 6.04 Å². The average Bonchev–Trinajstić information content (AvgIpc) is 3.08. The zero-order valence-corrected chi connectivity index (χ0v) is 17.7. The second kappa shape index (κ2) is 11.4. The van der Waals surface area contributed by atoms with Gasteiger partial charge in [-0.3, -0.25) is 4.79 Å². The summed E-state index contributed by atoms with van der Waals surface area (Å²) in [4.78, 5) is 27.3. The van der Waals surface area contributed by atoms with Gasteiger partial charge in [0.1, 0.15) is 6.04 Å². The van der Waals surface area contributed by atoms with Gasteiger partial charge in [-0.25, -0.2) is 4.79 Å². The fourth-order valence-electron chi connectivity index (χ4n) is 3.38. The predicted molar refractivity (Wildman–Crippen MR) is 112 cm³/mol. The van der Waals surface area contributed by atoms with Crippen molar-refractivity contribution in [2.75, 3.05) is 5.75 Å². The van der Waals surface area contributed by atoms with Crippen LogP contribution in [0.3, 0.4) is 0 Å². The quantitative estimate of drug-likeness (QED) is 0.424. The molecule has 0 N–H and O–H groups in total. The van der Waals surface area contributed by atoms with Crippen LogP contribution in [0.1, 0.15) is 64.9 Å². The number of thioether (sulfide) groups is 1. The molecule has 1 aliphatic heterocycles. The smallest absolute Gasteiger partial charge is 0.330 e. The zero-order valence-electron chi connectivity index (χ0n) is 16.9. The van der Waals surface area contributed by atoms with Crippen LogP contribution >= 0.6 is 11.8 Å². The number of aryl methyl sites for hydroxylation is 1. The van der Waals surface area contributed by atoms with Crippen molar-refractivity contribution in [3.05, 3.63) is 35.9 Å². The Kier molecular flexibility index (Phi) is 9.19. The molecular formula is C22H33NO3S. The van der Waals surface area contributed by atoms with E-state index in [9.17, 15) is 9.59 Å². The Labute approximate surface area is 168 Å². The van der Waals surface area contributed by atoms with E-state index in [2.05, 4.69) is 19.1 Å². The normalized spacial score (nSPS) is 19.5. The molecule has 2 rings (SSSR count). The summed E-state index contributed by atoms with van der Waals surface area (Å²) in [5.74, 6) is 0.465. The van der Waals surface area contributed by atoms with E-state index in [0.717, 1.165) is 38.5 Å². The van der Waals surface area contributed by atoms with E-state index in [1.807, 2.05) is 36.9 Å². The summed E-state index contributed by atoms with van der Waals surface area (Å²) >= 11 is 1.71. The third kappa shape index (κ3) is 6.87. The Morgan fingerprint density at radius 2 is 1.93 bits per heavy atom. The minimum absolute atomic E-state index is 0.0496. The molecule has 1 saturated heterocycles.